The third-order valence-corrected chi connectivity index (χ3v) is 6.66. The summed E-state index contributed by atoms with van der Waals surface area (Å²) in [6, 6.07) is 11.2. The Morgan fingerprint density at radius 2 is 1.97 bits per heavy atom. The van der Waals surface area contributed by atoms with E-state index in [0.29, 0.717) is 36.1 Å². The summed E-state index contributed by atoms with van der Waals surface area (Å²) in [5, 5.41) is 0.922. The molecule has 0 spiro atoms. The predicted molar refractivity (Wildman–Crippen MR) is 117 cm³/mol. The van der Waals surface area contributed by atoms with Crippen molar-refractivity contribution in [1.29, 1.82) is 0 Å². The van der Waals surface area contributed by atoms with Crippen LogP contribution in [-0.2, 0) is 22.4 Å². The van der Waals surface area contributed by atoms with E-state index in [9.17, 15) is 9.59 Å². The standard InChI is InChI=1S/C23H24Cl2N2O3/c1-30-22-4-2-3-17-18(22)8-10-27(21(17)14-26-9-7-16(28)13-26)23(29)12-15-5-6-19(24)20(25)11-15/h2-6,11,21H,7-10,12-14H2,1H3. The topological polar surface area (TPSA) is 49.9 Å². The summed E-state index contributed by atoms with van der Waals surface area (Å²) < 4.78 is 5.57. The normalized spacial score (nSPS) is 19.1. The minimum Gasteiger partial charge on any atom is -0.496 e. The van der Waals surface area contributed by atoms with E-state index in [1.54, 1.807) is 19.2 Å². The van der Waals surface area contributed by atoms with Crippen molar-refractivity contribution in [2.24, 2.45) is 0 Å². The number of nitrogens with zero attached hydrogens (tertiary/aromatic N) is 2. The Labute approximate surface area is 186 Å². The molecule has 5 nitrogen and oxygen atoms in total. The van der Waals surface area contributed by atoms with Crippen LogP contribution in [0.1, 0.15) is 29.2 Å². The smallest absolute Gasteiger partial charge is 0.227 e. The highest BCUT2D eigenvalue weighted by Crippen LogP contribution is 2.36. The number of fused-ring (bicyclic) bond motifs is 1. The maximum Gasteiger partial charge on any atom is 0.227 e. The lowest BCUT2D eigenvalue weighted by Crippen LogP contribution is -2.45. The van der Waals surface area contributed by atoms with Crippen molar-refractivity contribution in [3.63, 3.8) is 0 Å². The number of Topliss-reactive ketones (excluding diaryl/α,β-unsaturated/α-hetero) is 1. The van der Waals surface area contributed by atoms with Gasteiger partial charge in [0.2, 0.25) is 5.91 Å². The molecule has 0 aromatic heterocycles. The fourth-order valence-electron chi connectivity index (χ4n) is 4.42. The molecule has 0 bridgehead atoms. The van der Waals surface area contributed by atoms with E-state index in [4.69, 9.17) is 27.9 Å². The second-order valence-electron chi connectivity index (χ2n) is 7.83. The number of rotatable bonds is 5. The maximum atomic E-state index is 13.3. The summed E-state index contributed by atoms with van der Waals surface area (Å²) in [5.74, 6) is 1.15. The van der Waals surface area contributed by atoms with Gasteiger partial charge in [-0.05, 0) is 35.7 Å². The third-order valence-electron chi connectivity index (χ3n) is 5.92. The monoisotopic (exact) mass is 446 g/mol. The lowest BCUT2D eigenvalue weighted by molar-refractivity contribution is -0.133. The van der Waals surface area contributed by atoms with E-state index in [1.807, 2.05) is 23.1 Å². The van der Waals surface area contributed by atoms with Crippen molar-refractivity contribution >= 4 is 34.9 Å². The van der Waals surface area contributed by atoms with Gasteiger partial charge in [0.25, 0.3) is 0 Å². The number of carbonyl (C=O) groups is 2. The number of hydrogen-bond donors (Lipinski definition) is 0. The fraction of sp³-hybridized carbons (Fsp3) is 0.391. The first-order valence-electron chi connectivity index (χ1n) is 10.1. The van der Waals surface area contributed by atoms with E-state index < -0.39 is 0 Å². The van der Waals surface area contributed by atoms with E-state index in [2.05, 4.69) is 11.0 Å². The number of hydrogen-bond acceptors (Lipinski definition) is 4. The van der Waals surface area contributed by atoms with Crippen molar-refractivity contribution in [1.82, 2.24) is 9.80 Å². The largest absolute Gasteiger partial charge is 0.496 e. The SMILES string of the molecule is COc1cccc2c1CCN(C(=O)Cc1ccc(Cl)c(Cl)c1)C2CN1CCC(=O)C1. The summed E-state index contributed by atoms with van der Waals surface area (Å²) in [7, 11) is 1.67. The molecule has 158 valence electrons. The molecule has 0 N–H and O–H groups in total. The van der Waals surface area contributed by atoms with Crippen LogP contribution < -0.4 is 4.74 Å². The van der Waals surface area contributed by atoms with E-state index in [1.165, 1.54) is 0 Å². The van der Waals surface area contributed by atoms with Gasteiger partial charge in [0.05, 0.1) is 36.2 Å². The molecule has 2 aromatic carbocycles. The van der Waals surface area contributed by atoms with Crippen molar-refractivity contribution in [3.05, 3.63) is 63.1 Å². The summed E-state index contributed by atoms with van der Waals surface area (Å²) >= 11 is 12.1. The number of amides is 1. The van der Waals surface area contributed by atoms with Crippen LogP contribution >= 0.6 is 23.2 Å². The molecule has 1 fully saturated rings. The van der Waals surface area contributed by atoms with Crippen LogP contribution in [-0.4, -0.2) is 54.8 Å². The van der Waals surface area contributed by atoms with Crippen molar-refractivity contribution in [3.8, 4) is 5.75 Å². The molecule has 1 amide bonds. The molecule has 2 aliphatic rings. The van der Waals surface area contributed by atoms with Crippen LogP contribution in [0, 0.1) is 0 Å². The summed E-state index contributed by atoms with van der Waals surface area (Å²) in [6.45, 7) is 2.44. The Morgan fingerprint density at radius 1 is 1.13 bits per heavy atom. The number of halogens is 2. The Hall–Kier alpha value is -2.08. The molecule has 1 saturated heterocycles. The second kappa shape index (κ2) is 8.96. The molecule has 0 aliphatic carbocycles. The van der Waals surface area contributed by atoms with Crippen LogP contribution in [0.15, 0.2) is 36.4 Å². The molecule has 1 unspecified atom stereocenters. The molecule has 7 heteroatoms. The number of methoxy groups -OCH3 is 1. The summed E-state index contributed by atoms with van der Waals surface area (Å²) in [5.41, 5.74) is 3.08. The first-order chi connectivity index (χ1) is 14.5. The van der Waals surface area contributed by atoms with Crippen LogP contribution in [0.25, 0.3) is 0 Å². The van der Waals surface area contributed by atoms with Crippen LogP contribution in [0.2, 0.25) is 10.0 Å². The lowest BCUT2D eigenvalue weighted by Gasteiger charge is -2.39. The van der Waals surface area contributed by atoms with Gasteiger partial charge in [-0.25, -0.2) is 0 Å². The number of carbonyl (C=O) groups excluding carboxylic acids is 2. The van der Waals surface area contributed by atoms with Crippen molar-refractivity contribution in [2.45, 2.75) is 25.3 Å². The predicted octanol–water partition coefficient (Wildman–Crippen LogP) is 3.95. The van der Waals surface area contributed by atoms with Crippen LogP contribution in [0.3, 0.4) is 0 Å². The number of benzene rings is 2. The van der Waals surface area contributed by atoms with Gasteiger partial charge in [-0.3, -0.25) is 14.5 Å². The number of likely N-dealkylation sites (tertiary alicyclic amines) is 1. The first-order valence-corrected chi connectivity index (χ1v) is 10.8. The molecular weight excluding hydrogens is 423 g/mol. The van der Waals surface area contributed by atoms with Gasteiger partial charge in [-0.2, -0.15) is 0 Å². The van der Waals surface area contributed by atoms with Gasteiger partial charge in [0, 0.05) is 31.6 Å². The molecule has 4 rings (SSSR count). The Morgan fingerprint density at radius 3 is 2.67 bits per heavy atom. The molecule has 0 saturated carbocycles. The quantitative estimate of drug-likeness (QED) is 0.697. The molecule has 1 atom stereocenters. The highest BCUT2D eigenvalue weighted by atomic mass is 35.5. The zero-order valence-corrected chi connectivity index (χ0v) is 18.4. The molecule has 0 radical (unpaired) electrons. The highest BCUT2D eigenvalue weighted by molar-refractivity contribution is 6.42. The van der Waals surface area contributed by atoms with Gasteiger partial charge in [-0.15, -0.1) is 0 Å². The zero-order valence-electron chi connectivity index (χ0n) is 16.9. The molecule has 2 aromatic rings. The van der Waals surface area contributed by atoms with Crippen molar-refractivity contribution < 1.29 is 14.3 Å². The second-order valence-corrected chi connectivity index (χ2v) is 8.64. The summed E-state index contributed by atoms with van der Waals surface area (Å²) in [4.78, 5) is 29.2. The lowest BCUT2D eigenvalue weighted by atomic mass is 9.90. The Kier molecular flexibility index (Phi) is 6.32. The molecule has 2 heterocycles. The van der Waals surface area contributed by atoms with Crippen LogP contribution in [0.5, 0.6) is 5.75 Å². The van der Waals surface area contributed by atoms with Gasteiger partial charge in [0.15, 0.2) is 0 Å². The fourth-order valence-corrected chi connectivity index (χ4v) is 4.74. The minimum atomic E-state index is -0.120. The van der Waals surface area contributed by atoms with Gasteiger partial charge < -0.3 is 9.64 Å². The highest BCUT2D eigenvalue weighted by Gasteiger charge is 2.34. The average Bonchev–Trinajstić information content (AvgIpc) is 3.15. The molecule has 2 aliphatic heterocycles. The van der Waals surface area contributed by atoms with E-state index in [-0.39, 0.29) is 24.2 Å². The van der Waals surface area contributed by atoms with Crippen LogP contribution in [0.4, 0.5) is 0 Å². The third kappa shape index (κ3) is 4.34. The van der Waals surface area contributed by atoms with Crippen molar-refractivity contribution in [2.75, 3.05) is 33.3 Å². The number of ketones is 1. The minimum absolute atomic E-state index is 0.0392. The average molecular weight is 447 g/mol. The first kappa shape index (κ1) is 21.2. The van der Waals surface area contributed by atoms with E-state index >= 15 is 0 Å². The van der Waals surface area contributed by atoms with Gasteiger partial charge in [0.1, 0.15) is 11.5 Å². The maximum absolute atomic E-state index is 13.3. The number of ether oxygens (including phenoxy) is 1. The molecular formula is C23H24Cl2N2O3. The summed E-state index contributed by atoms with van der Waals surface area (Å²) in [6.07, 6.45) is 1.57. The van der Waals surface area contributed by atoms with Gasteiger partial charge in [-0.1, -0.05) is 41.4 Å². The van der Waals surface area contributed by atoms with Gasteiger partial charge >= 0.3 is 0 Å². The van der Waals surface area contributed by atoms with E-state index in [0.717, 1.165) is 35.4 Å². The molecule has 30 heavy (non-hydrogen) atoms. The Balaban J connectivity index is 1.61. The Bertz CT molecular complexity index is 979. The zero-order chi connectivity index (χ0) is 21.3.